The predicted molar refractivity (Wildman–Crippen MR) is 67.0 cm³/mol. The minimum absolute atomic E-state index is 0.120. The van der Waals surface area contributed by atoms with Crippen molar-refractivity contribution in [3.05, 3.63) is 12.7 Å². The molecule has 5 nitrogen and oxygen atoms in total. The maximum absolute atomic E-state index is 11.3. The van der Waals surface area contributed by atoms with Crippen molar-refractivity contribution in [2.75, 3.05) is 6.61 Å². The van der Waals surface area contributed by atoms with Gasteiger partial charge >= 0.3 is 11.9 Å². The number of aliphatic hydroxyl groups is 1. The van der Waals surface area contributed by atoms with Crippen LogP contribution in [-0.4, -0.2) is 34.9 Å². The van der Waals surface area contributed by atoms with Gasteiger partial charge in [0.2, 0.25) is 0 Å². The summed E-state index contributed by atoms with van der Waals surface area (Å²) in [5, 5.41) is 18.4. The molecule has 1 atom stereocenters. The molecule has 0 amide bonds. The number of hydrogen-bond donors (Lipinski definition) is 2. The van der Waals surface area contributed by atoms with E-state index in [1.807, 2.05) is 0 Å². The molecule has 0 aliphatic rings. The molecule has 0 saturated carbocycles. The van der Waals surface area contributed by atoms with Gasteiger partial charge in [0.25, 0.3) is 0 Å². The Bertz CT molecular complexity index is 330. The molecule has 0 aromatic rings. The fourth-order valence-corrected chi connectivity index (χ4v) is 1.34. The van der Waals surface area contributed by atoms with Crippen molar-refractivity contribution >= 4 is 11.9 Å². The molecular formula is C13H22O5. The summed E-state index contributed by atoms with van der Waals surface area (Å²) in [5.74, 6) is -1.72. The van der Waals surface area contributed by atoms with Gasteiger partial charge in [0.05, 0.1) is 5.41 Å². The van der Waals surface area contributed by atoms with Crippen LogP contribution in [-0.2, 0) is 14.3 Å². The van der Waals surface area contributed by atoms with E-state index in [0.717, 1.165) is 6.08 Å². The third-order valence-electron chi connectivity index (χ3n) is 2.95. The zero-order valence-electron chi connectivity index (χ0n) is 11.4. The molecule has 0 rings (SSSR count). The zero-order chi connectivity index (χ0) is 14.6. The summed E-state index contributed by atoms with van der Waals surface area (Å²) in [6, 6.07) is 0. The van der Waals surface area contributed by atoms with E-state index in [9.17, 15) is 19.8 Å². The minimum atomic E-state index is -1.23. The number of aliphatic carboxylic acids is 1. The van der Waals surface area contributed by atoms with Gasteiger partial charge in [0, 0.05) is 12.7 Å². The molecule has 0 aromatic carbocycles. The molecule has 104 valence electrons. The highest BCUT2D eigenvalue weighted by molar-refractivity contribution is 5.82. The first-order chi connectivity index (χ1) is 8.06. The van der Waals surface area contributed by atoms with Crippen LogP contribution in [0.25, 0.3) is 0 Å². The van der Waals surface area contributed by atoms with Gasteiger partial charge in [0.15, 0.2) is 0 Å². The summed E-state index contributed by atoms with van der Waals surface area (Å²) >= 11 is 0. The second-order valence-electron chi connectivity index (χ2n) is 5.68. The normalized spacial score (nSPS) is 13.8. The van der Waals surface area contributed by atoms with Crippen molar-refractivity contribution in [2.45, 2.75) is 40.2 Å². The van der Waals surface area contributed by atoms with Gasteiger partial charge in [-0.15, -0.1) is 0 Å². The first-order valence-corrected chi connectivity index (χ1v) is 5.74. The van der Waals surface area contributed by atoms with Crippen LogP contribution < -0.4 is 0 Å². The Hall–Kier alpha value is -1.36. The van der Waals surface area contributed by atoms with E-state index in [1.54, 1.807) is 13.8 Å². The van der Waals surface area contributed by atoms with Gasteiger partial charge in [0.1, 0.15) is 6.10 Å². The molecular weight excluding hydrogens is 236 g/mol. The fourth-order valence-electron chi connectivity index (χ4n) is 1.34. The molecule has 0 radical (unpaired) electrons. The van der Waals surface area contributed by atoms with Crippen molar-refractivity contribution in [1.29, 1.82) is 0 Å². The van der Waals surface area contributed by atoms with Gasteiger partial charge in [-0.25, -0.2) is 4.79 Å². The SMILES string of the molecule is C=CC(=O)OC(CC(C)(C)CO)C(C)(C)C(=O)O. The van der Waals surface area contributed by atoms with Gasteiger partial charge in [-0.2, -0.15) is 0 Å². The quantitative estimate of drug-likeness (QED) is 0.535. The first-order valence-electron chi connectivity index (χ1n) is 5.74. The van der Waals surface area contributed by atoms with Gasteiger partial charge in [-0.05, 0) is 25.7 Å². The molecule has 18 heavy (non-hydrogen) atoms. The Morgan fingerprint density at radius 1 is 1.33 bits per heavy atom. The van der Waals surface area contributed by atoms with Gasteiger partial charge < -0.3 is 14.9 Å². The molecule has 0 aliphatic carbocycles. The van der Waals surface area contributed by atoms with E-state index >= 15 is 0 Å². The van der Waals surface area contributed by atoms with Crippen LogP contribution in [0.3, 0.4) is 0 Å². The van der Waals surface area contributed by atoms with Crippen LogP contribution in [0.1, 0.15) is 34.1 Å². The molecule has 0 heterocycles. The Labute approximate surface area is 107 Å². The molecule has 0 bridgehead atoms. The summed E-state index contributed by atoms with van der Waals surface area (Å²) in [4.78, 5) is 22.5. The zero-order valence-corrected chi connectivity index (χ0v) is 11.4. The number of carbonyl (C=O) groups is 2. The highest BCUT2D eigenvalue weighted by Gasteiger charge is 2.42. The van der Waals surface area contributed by atoms with Gasteiger partial charge in [-0.3, -0.25) is 4.79 Å². The number of carboxylic acid groups (broad SMARTS) is 1. The topological polar surface area (TPSA) is 83.8 Å². The maximum atomic E-state index is 11.3. The lowest BCUT2D eigenvalue weighted by atomic mass is 9.77. The number of carbonyl (C=O) groups excluding carboxylic acids is 1. The van der Waals surface area contributed by atoms with Crippen LogP contribution in [0.4, 0.5) is 0 Å². The van der Waals surface area contributed by atoms with E-state index < -0.39 is 28.9 Å². The maximum Gasteiger partial charge on any atom is 0.330 e. The van der Waals surface area contributed by atoms with Crippen molar-refractivity contribution in [1.82, 2.24) is 0 Å². The average molecular weight is 258 g/mol. The smallest absolute Gasteiger partial charge is 0.330 e. The minimum Gasteiger partial charge on any atom is -0.481 e. The standard InChI is InChI=1S/C13H22O5/c1-6-10(15)18-9(7-12(2,3)8-14)13(4,5)11(16)17/h6,9,14H,1,7-8H2,2-5H3,(H,16,17). The highest BCUT2D eigenvalue weighted by atomic mass is 16.5. The molecule has 0 spiro atoms. The summed E-state index contributed by atoms with van der Waals surface area (Å²) in [6.07, 6.45) is 0.418. The summed E-state index contributed by atoms with van der Waals surface area (Å²) in [6.45, 7) is 9.70. The van der Waals surface area contributed by atoms with Crippen LogP contribution in [0, 0.1) is 10.8 Å². The van der Waals surface area contributed by atoms with E-state index in [1.165, 1.54) is 13.8 Å². The number of carboxylic acids is 1. The molecule has 0 aromatic heterocycles. The largest absolute Gasteiger partial charge is 0.481 e. The number of ether oxygens (including phenoxy) is 1. The molecule has 2 N–H and O–H groups in total. The third kappa shape index (κ3) is 4.49. The van der Waals surface area contributed by atoms with Crippen LogP contribution in [0.15, 0.2) is 12.7 Å². The summed E-state index contributed by atoms with van der Waals surface area (Å²) < 4.78 is 5.11. The van der Waals surface area contributed by atoms with Crippen molar-refractivity contribution in [2.24, 2.45) is 10.8 Å². The van der Waals surface area contributed by atoms with Crippen LogP contribution in [0.5, 0.6) is 0 Å². The first kappa shape index (κ1) is 16.6. The Morgan fingerprint density at radius 3 is 2.17 bits per heavy atom. The number of aliphatic hydroxyl groups excluding tert-OH is 1. The summed E-state index contributed by atoms with van der Waals surface area (Å²) in [5.41, 5.74) is -1.76. The highest BCUT2D eigenvalue weighted by Crippen LogP contribution is 2.33. The van der Waals surface area contributed by atoms with E-state index in [0.29, 0.717) is 0 Å². The molecule has 1 unspecified atom stereocenters. The van der Waals surface area contributed by atoms with Crippen molar-refractivity contribution < 1.29 is 24.5 Å². The van der Waals surface area contributed by atoms with E-state index in [2.05, 4.69) is 6.58 Å². The van der Waals surface area contributed by atoms with Crippen LogP contribution >= 0.6 is 0 Å². The third-order valence-corrected chi connectivity index (χ3v) is 2.95. The van der Waals surface area contributed by atoms with E-state index in [4.69, 9.17) is 4.74 Å². The Kier molecular flexibility index (Phi) is 5.55. The number of esters is 1. The lowest BCUT2D eigenvalue weighted by Gasteiger charge is -2.35. The summed E-state index contributed by atoms with van der Waals surface area (Å²) in [7, 11) is 0. The van der Waals surface area contributed by atoms with E-state index in [-0.39, 0.29) is 13.0 Å². The second-order valence-corrected chi connectivity index (χ2v) is 5.68. The number of hydrogen-bond acceptors (Lipinski definition) is 4. The van der Waals surface area contributed by atoms with Crippen LogP contribution in [0.2, 0.25) is 0 Å². The Morgan fingerprint density at radius 2 is 1.83 bits per heavy atom. The second kappa shape index (κ2) is 6.00. The average Bonchev–Trinajstić information content (AvgIpc) is 2.27. The predicted octanol–water partition coefficient (Wildman–Crippen LogP) is 1.60. The molecule has 0 fully saturated rings. The lowest BCUT2D eigenvalue weighted by Crippen LogP contribution is -2.43. The molecule has 0 aliphatic heterocycles. The molecule has 5 heteroatoms. The Balaban J connectivity index is 5.12. The van der Waals surface area contributed by atoms with Gasteiger partial charge in [-0.1, -0.05) is 20.4 Å². The van der Waals surface area contributed by atoms with Crippen molar-refractivity contribution in [3.8, 4) is 0 Å². The van der Waals surface area contributed by atoms with Crippen molar-refractivity contribution in [3.63, 3.8) is 0 Å². The monoisotopic (exact) mass is 258 g/mol. The fraction of sp³-hybridized carbons (Fsp3) is 0.692. The number of rotatable bonds is 7. The molecule has 0 saturated heterocycles. The lowest BCUT2D eigenvalue weighted by molar-refractivity contribution is -0.166.